The Kier molecular flexibility index (Phi) is 13.0. The zero-order valence-electron chi connectivity index (χ0n) is 36.1. The molecule has 1 atom stereocenters. The van der Waals surface area contributed by atoms with Crippen molar-refractivity contribution in [1.29, 1.82) is 0 Å². The van der Waals surface area contributed by atoms with Crippen LogP contribution in [0.1, 0.15) is 67.7 Å². The monoisotopic (exact) mass is 864 g/mol. The Morgan fingerprint density at radius 3 is 2.22 bits per heavy atom. The van der Waals surface area contributed by atoms with E-state index in [4.69, 9.17) is 9.47 Å². The van der Waals surface area contributed by atoms with Gasteiger partial charge in [0.15, 0.2) is 16.9 Å². The van der Waals surface area contributed by atoms with Crippen molar-refractivity contribution in [3.8, 4) is 11.5 Å². The summed E-state index contributed by atoms with van der Waals surface area (Å²) in [7, 11) is 1.35. The Morgan fingerprint density at radius 1 is 0.857 bits per heavy atom. The molecular formula is C47H56N6O10. The van der Waals surface area contributed by atoms with Crippen molar-refractivity contribution in [2.45, 2.75) is 58.7 Å². The van der Waals surface area contributed by atoms with Crippen LogP contribution in [0.2, 0.25) is 0 Å². The van der Waals surface area contributed by atoms with Crippen LogP contribution >= 0.6 is 0 Å². The molecule has 16 heteroatoms. The second-order valence-electron chi connectivity index (χ2n) is 17.0. The van der Waals surface area contributed by atoms with E-state index in [2.05, 4.69) is 31.5 Å². The van der Waals surface area contributed by atoms with Gasteiger partial charge < -0.3 is 51.4 Å². The van der Waals surface area contributed by atoms with Gasteiger partial charge in [-0.1, -0.05) is 11.6 Å². The van der Waals surface area contributed by atoms with Crippen molar-refractivity contribution in [2.24, 2.45) is 5.92 Å². The van der Waals surface area contributed by atoms with Crippen LogP contribution in [0.5, 0.6) is 11.5 Å². The third kappa shape index (κ3) is 8.10. The van der Waals surface area contributed by atoms with Crippen molar-refractivity contribution in [3.05, 3.63) is 60.4 Å². The van der Waals surface area contributed by atoms with E-state index in [9.17, 15) is 39.3 Å². The molecule has 1 aliphatic carbocycles. The van der Waals surface area contributed by atoms with E-state index in [-0.39, 0.29) is 69.9 Å². The molecular weight excluding hydrogens is 809 g/mol. The number of nitrogens with zero attached hydrogens (tertiary/aromatic N) is 1. The van der Waals surface area contributed by atoms with Gasteiger partial charge in [-0.2, -0.15) is 0 Å². The first kappa shape index (κ1) is 44.0. The minimum Gasteiger partial charge on any atom is -0.505 e. The average Bonchev–Trinajstić information content (AvgIpc) is 3.40. The number of aliphatic hydroxyl groups excluding tert-OH is 2. The summed E-state index contributed by atoms with van der Waals surface area (Å²) in [4.78, 5) is 71.5. The van der Waals surface area contributed by atoms with E-state index in [0.717, 1.165) is 58.5 Å². The summed E-state index contributed by atoms with van der Waals surface area (Å²) < 4.78 is 11.5. The summed E-state index contributed by atoms with van der Waals surface area (Å²) in [5, 5.41) is 52.2. The molecule has 0 saturated carbocycles. The molecule has 2 saturated heterocycles. The Balaban J connectivity index is 1.30. The van der Waals surface area contributed by atoms with E-state index in [1.165, 1.54) is 20.1 Å². The fourth-order valence-corrected chi connectivity index (χ4v) is 10.2. The SMILES string of the molecule is COc1c2c3c4c(c(NCC(=O)NCCN5CCNCC5)c(O)c5c(=O)cc(CO)c(c6c(CO)cc(NCCC(=O)OCCC7CCNCC7)c(c1=O)c63)c54)C=C(C)C2C(C)=O. The summed E-state index contributed by atoms with van der Waals surface area (Å²) in [6, 6.07) is 2.84. The first-order chi connectivity index (χ1) is 30.5. The third-order valence-corrected chi connectivity index (χ3v) is 13.1. The summed E-state index contributed by atoms with van der Waals surface area (Å²) >= 11 is 0. The number of hydrogen-bond acceptors (Lipinski definition) is 15. The van der Waals surface area contributed by atoms with Gasteiger partial charge in [-0.25, -0.2) is 0 Å². The van der Waals surface area contributed by atoms with Crippen LogP contribution in [0.4, 0.5) is 11.4 Å². The van der Waals surface area contributed by atoms with Crippen LogP contribution in [0.15, 0.2) is 27.3 Å². The van der Waals surface area contributed by atoms with Gasteiger partial charge in [-0.05, 0) is 91.5 Å². The number of anilines is 2. The Hall–Kier alpha value is -5.65. The predicted octanol–water partition coefficient (Wildman–Crippen LogP) is 2.85. The number of esters is 1. The van der Waals surface area contributed by atoms with Gasteiger partial charge in [0.25, 0.3) is 0 Å². The number of nitrogens with one attached hydrogen (secondary N) is 5. The summed E-state index contributed by atoms with van der Waals surface area (Å²) in [6.45, 7) is 8.61. The molecule has 1 amide bonds. The maximum atomic E-state index is 15.0. The first-order valence-corrected chi connectivity index (χ1v) is 21.9. The quantitative estimate of drug-likeness (QED) is 0.0291. The number of methoxy groups -OCH3 is 1. The van der Waals surface area contributed by atoms with Crippen LogP contribution in [0.3, 0.4) is 0 Å². The van der Waals surface area contributed by atoms with Crippen molar-refractivity contribution in [2.75, 3.05) is 89.8 Å². The number of ketones is 1. The molecule has 0 spiro atoms. The Morgan fingerprint density at radius 2 is 1.54 bits per heavy atom. The number of carbonyl (C=O) groups is 3. The predicted molar refractivity (Wildman–Crippen MR) is 244 cm³/mol. The molecule has 8 rings (SSSR count). The average molecular weight is 865 g/mol. The highest BCUT2D eigenvalue weighted by atomic mass is 16.5. The lowest BCUT2D eigenvalue weighted by Gasteiger charge is -2.27. The highest BCUT2D eigenvalue weighted by molar-refractivity contribution is 6.39. The van der Waals surface area contributed by atoms with E-state index >= 15 is 0 Å². The zero-order chi connectivity index (χ0) is 44.5. The second kappa shape index (κ2) is 18.6. The molecule has 5 aromatic rings. The van der Waals surface area contributed by atoms with Crippen LogP contribution < -0.4 is 42.2 Å². The number of amides is 1. The number of ether oxygens (including phenoxy) is 2. The molecule has 2 fully saturated rings. The maximum absolute atomic E-state index is 15.0. The number of piperazine rings is 1. The molecule has 0 aromatic heterocycles. The lowest BCUT2D eigenvalue weighted by atomic mass is 9.79. The van der Waals surface area contributed by atoms with Crippen molar-refractivity contribution in [1.82, 2.24) is 20.9 Å². The van der Waals surface area contributed by atoms with Gasteiger partial charge in [-0.3, -0.25) is 28.9 Å². The number of aromatic hydroxyl groups is 1. The number of fused-ring (bicyclic) bond motifs is 1. The molecule has 16 nitrogen and oxygen atoms in total. The van der Waals surface area contributed by atoms with Gasteiger partial charge >= 0.3 is 5.97 Å². The van der Waals surface area contributed by atoms with Crippen molar-refractivity contribution >= 4 is 78.2 Å². The molecule has 2 heterocycles. The van der Waals surface area contributed by atoms with Gasteiger partial charge in [0.1, 0.15) is 5.78 Å². The van der Waals surface area contributed by atoms with Gasteiger partial charge in [0.05, 0.1) is 62.3 Å². The van der Waals surface area contributed by atoms with Crippen molar-refractivity contribution < 1.29 is 39.2 Å². The first-order valence-electron chi connectivity index (χ1n) is 21.9. The van der Waals surface area contributed by atoms with Crippen LogP contribution in [-0.4, -0.2) is 117 Å². The van der Waals surface area contributed by atoms with Gasteiger partial charge in [0.2, 0.25) is 11.3 Å². The molecule has 334 valence electrons. The molecule has 3 aliphatic rings. The summed E-state index contributed by atoms with van der Waals surface area (Å²) in [5.74, 6) is -2.12. The van der Waals surface area contributed by atoms with Crippen LogP contribution in [-0.2, 0) is 32.3 Å². The second-order valence-corrected chi connectivity index (χ2v) is 17.0. The molecule has 8 N–H and O–H groups in total. The number of phenols is 1. The molecule has 5 aromatic carbocycles. The number of hydrogen-bond donors (Lipinski definition) is 8. The van der Waals surface area contributed by atoms with Gasteiger partial charge in [-0.15, -0.1) is 0 Å². The zero-order valence-corrected chi connectivity index (χ0v) is 36.1. The van der Waals surface area contributed by atoms with Crippen LogP contribution in [0, 0.1) is 5.92 Å². The topological polar surface area (TPSA) is 228 Å². The number of aliphatic hydroxyl groups is 2. The molecule has 1 unspecified atom stereocenters. The number of carbonyl (C=O) groups excluding carboxylic acids is 3. The lowest BCUT2D eigenvalue weighted by Crippen LogP contribution is -2.46. The summed E-state index contributed by atoms with van der Waals surface area (Å²) in [5.41, 5.74) is 0.857. The number of Topliss-reactive ketones (excluding diaryl/α,β-unsaturated/α-hetero) is 1. The van der Waals surface area contributed by atoms with Crippen LogP contribution in [0.25, 0.3) is 49.2 Å². The number of allylic oxidation sites excluding steroid dienone is 1. The lowest BCUT2D eigenvalue weighted by molar-refractivity contribution is -0.143. The summed E-state index contributed by atoms with van der Waals surface area (Å²) in [6.07, 6.45) is 4.56. The standard InChI is InChI=1S/C47H56N6O10/c1-24-18-29-37-40-36(28(23-55)20-31(57)39(40)45(60)44(29)52-21-32(58)51-13-16-53-14-11-49-12-15-53)35-27(22-54)19-30(50-10-6-33(59)63-17-7-26-4-8-48-9-5-26)38-41(35)42(37)43(34(24)25(2)56)47(62-3)46(38)61/h18-20,26,34,48-50,52,54-55,60H,4-17,21-23H2,1-3H3,(H,51,58). The van der Waals surface area contributed by atoms with E-state index in [1.54, 1.807) is 19.1 Å². The normalized spacial score (nSPS) is 17.1. The minimum absolute atomic E-state index is 0.0133. The van der Waals surface area contributed by atoms with E-state index in [1.807, 2.05) is 0 Å². The Labute approximate surface area is 363 Å². The van der Waals surface area contributed by atoms with Gasteiger partial charge in [0, 0.05) is 78.8 Å². The third-order valence-electron chi connectivity index (χ3n) is 13.1. The molecule has 2 aliphatic heterocycles. The highest BCUT2D eigenvalue weighted by Crippen LogP contribution is 2.55. The highest BCUT2D eigenvalue weighted by Gasteiger charge is 2.37. The number of rotatable bonds is 17. The minimum atomic E-state index is -1.02. The number of benzene rings is 5. The van der Waals surface area contributed by atoms with E-state index in [0.29, 0.717) is 74.9 Å². The number of piperidine rings is 1. The fourth-order valence-electron chi connectivity index (χ4n) is 10.2. The maximum Gasteiger partial charge on any atom is 0.307 e. The van der Waals surface area contributed by atoms with Crippen molar-refractivity contribution in [3.63, 3.8) is 0 Å². The largest absolute Gasteiger partial charge is 0.505 e. The number of phenolic OH excluding ortho intramolecular Hbond substituents is 1. The Bertz CT molecular complexity index is 2740. The smallest absolute Gasteiger partial charge is 0.307 e. The fraction of sp³-hybridized carbons (Fsp3) is 0.468. The molecule has 0 radical (unpaired) electrons. The molecule has 0 bridgehead atoms. The molecule has 63 heavy (non-hydrogen) atoms. The van der Waals surface area contributed by atoms with E-state index < -0.39 is 41.7 Å².